The molecule has 0 aromatic carbocycles. The summed E-state index contributed by atoms with van der Waals surface area (Å²) in [5, 5.41) is 0. The van der Waals surface area contributed by atoms with E-state index in [1.54, 1.807) is 12.0 Å². The van der Waals surface area contributed by atoms with E-state index in [0.717, 1.165) is 32.7 Å². The molecule has 0 spiro atoms. The zero-order valence-corrected chi connectivity index (χ0v) is 10.9. The van der Waals surface area contributed by atoms with Crippen molar-refractivity contribution in [2.75, 3.05) is 47.4 Å². The molecular weight excluding hydrogens is 220 g/mol. The van der Waals surface area contributed by atoms with Gasteiger partial charge in [0.05, 0.1) is 24.7 Å². The minimum absolute atomic E-state index is 0.0440. The summed E-state index contributed by atoms with van der Waals surface area (Å²) in [6.07, 6.45) is 1.16. The van der Waals surface area contributed by atoms with Crippen LogP contribution in [0.2, 0.25) is 0 Å². The third-order valence-corrected chi connectivity index (χ3v) is 3.60. The molecule has 5 nitrogen and oxygen atoms in total. The zero-order valence-electron chi connectivity index (χ0n) is 10.9. The van der Waals surface area contributed by atoms with Crippen molar-refractivity contribution in [1.29, 1.82) is 0 Å². The van der Waals surface area contributed by atoms with E-state index < -0.39 is 0 Å². The molecule has 5 heteroatoms. The van der Waals surface area contributed by atoms with Gasteiger partial charge in [0.25, 0.3) is 0 Å². The van der Waals surface area contributed by atoms with Crippen LogP contribution in [0.3, 0.4) is 0 Å². The molecule has 2 aliphatic heterocycles. The Labute approximate surface area is 103 Å². The molecule has 17 heavy (non-hydrogen) atoms. The Morgan fingerprint density at radius 1 is 1.47 bits per heavy atom. The maximum Gasteiger partial charge on any atom is 0.227 e. The molecule has 2 heterocycles. The van der Waals surface area contributed by atoms with Gasteiger partial charge in [-0.1, -0.05) is 0 Å². The maximum absolute atomic E-state index is 12.0. The summed E-state index contributed by atoms with van der Waals surface area (Å²) in [7, 11) is 5.34. The van der Waals surface area contributed by atoms with Gasteiger partial charge in [-0.15, -0.1) is 0 Å². The second-order valence-corrected chi connectivity index (χ2v) is 5.12. The number of likely N-dealkylation sites (tertiary alicyclic amines) is 1. The molecule has 2 saturated heterocycles. The van der Waals surface area contributed by atoms with Crippen LogP contribution in [0.15, 0.2) is 0 Å². The summed E-state index contributed by atoms with van der Waals surface area (Å²) in [5.74, 6) is 0.244. The van der Waals surface area contributed by atoms with Gasteiger partial charge in [-0.25, -0.2) is 0 Å². The molecule has 0 aromatic heterocycles. The Morgan fingerprint density at radius 3 is 2.88 bits per heavy atom. The van der Waals surface area contributed by atoms with Gasteiger partial charge in [-0.2, -0.15) is 0 Å². The molecule has 2 fully saturated rings. The zero-order chi connectivity index (χ0) is 12.4. The second-order valence-electron chi connectivity index (χ2n) is 5.12. The molecule has 2 aliphatic rings. The molecule has 1 amide bonds. The maximum atomic E-state index is 12.0. The van der Waals surface area contributed by atoms with Crippen molar-refractivity contribution in [1.82, 2.24) is 9.80 Å². The Hall–Kier alpha value is -0.650. The van der Waals surface area contributed by atoms with Crippen LogP contribution in [0.25, 0.3) is 0 Å². The third-order valence-electron chi connectivity index (χ3n) is 3.60. The number of ether oxygens (including phenoxy) is 2. The van der Waals surface area contributed by atoms with E-state index in [4.69, 9.17) is 9.47 Å². The van der Waals surface area contributed by atoms with Crippen molar-refractivity contribution in [3.63, 3.8) is 0 Å². The van der Waals surface area contributed by atoms with Crippen molar-refractivity contribution in [2.45, 2.75) is 18.6 Å². The molecule has 0 aliphatic carbocycles. The lowest BCUT2D eigenvalue weighted by atomic mass is 9.99. The Kier molecular flexibility index (Phi) is 4.01. The number of carbonyl (C=O) groups excluding carboxylic acids is 1. The number of fused-ring (bicyclic) bond motifs is 2. The van der Waals surface area contributed by atoms with Crippen LogP contribution in [0.1, 0.15) is 6.42 Å². The fourth-order valence-electron chi connectivity index (χ4n) is 2.73. The highest BCUT2D eigenvalue weighted by Crippen LogP contribution is 2.32. The summed E-state index contributed by atoms with van der Waals surface area (Å²) in [6.45, 7) is 3.45. The van der Waals surface area contributed by atoms with Gasteiger partial charge in [0, 0.05) is 40.8 Å². The quantitative estimate of drug-likeness (QED) is 0.685. The summed E-state index contributed by atoms with van der Waals surface area (Å²) < 4.78 is 11.0. The minimum atomic E-state index is 0.0440. The summed E-state index contributed by atoms with van der Waals surface area (Å²) in [5.41, 5.74) is 0. The number of rotatable bonds is 4. The van der Waals surface area contributed by atoms with E-state index in [1.165, 1.54) is 0 Å². The second kappa shape index (κ2) is 5.33. The average Bonchev–Trinajstić information content (AvgIpc) is 2.60. The standard InChI is InChI=1S/C12H22N2O3/c1-13(2)12(15)10-6-9-7-14(4-5-16-3)8-11(10)17-9/h9-11H,4-8H2,1-3H3/t9-,10+,11-/m1/s1. The summed E-state index contributed by atoms with van der Waals surface area (Å²) in [6, 6.07) is 0. The number of carbonyl (C=O) groups is 1. The number of hydrogen-bond donors (Lipinski definition) is 0. The van der Waals surface area contributed by atoms with E-state index in [0.29, 0.717) is 0 Å². The first-order valence-electron chi connectivity index (χ1n) is 6.19. The highest BCUT2D eigenvalue weighted by atomic mass is 16.5. The van der Waals surface area contributed by atoms with Crippen molar-refractivity contribution < 1.29 is 14.3 Å². The SMILES string of the molecule is COCCN1C[C@H]2C[C@H](C(=O)N(C)C)[C@@H](C1)O2. The van der Waals surface area contributed by atoms with Crippen molar-refractivity contribution in [3.8, 4) is 0 Å². The van der Waals surface area contributed by atoms with Gasteiger partial charge in [0.2, 0.25) is 5.91 Å². The predicted molar refractivity (Wildman–Crippen MR) is 63.8 cm³/mol. The number of amides is 1. The minimum Gasteiger partial charge on any atom is -0.383 e. The van der Waals surface area contributed by atoms with Crippen LogP contribution >= 0.6 is 0 Å². The Balaban J connectivity index is 1.92. The van der Waals surface area contributed by atoms with Gasteiger partial charge in [-0.05, 0) is 6.42 Å². The van der Waals surface area contributed by atoms with Crippen LogP contribution in [-0.4, -0.2) is 75.4 Å². The van der Waals surface area contributed by atoms with Crippen LogP contribution < -0.4 is 0 Å². The lowest BCUT2D eigenvalue weighted by molar-refractivity contribution is -0.136. The first kappa shape index (κ1) is 12.8. The van der Waals surface area contributed by atoms with Gasteiger partial charge in [-0.3, -0.25) is 9.69 Å². The molecule has 0 saturated carbocycles. The van der Waals surface area contributed by atoms with Gasteiger partial charge >= 0.3 is 0 Å². The molecule has 0 aromatic rings. The number of nitrogens with zero attached hydrogens (tertiary/aromatic N) is 2. The normalized spacial score (nSPS) is 32.8. The lowest BCUT2D eigenvalue weighted by Crippen LogP contribution is -2.46. The van der Waals surface area contributed by atoms with Crippen LogP contribution in [0.4, 0.5) is 0 Å². The first-order valence-corrected chi connectivity index (χ1v) is 6.19. The molecule has 3 atom stereocenters. The van der Waals surface area contributed by atoms with E-state index in [1.807, 2.05) is 14.1 Å². The Bertz CT molecular complexity index is 283. The van der Waals surface area contributed by atoms with E-state index >= 15 is 0 Å². The predicted octanol–water partition coefficient (Wildman–Crippen LogP) is -0.190. The summed E-state index contributed by atoms with van der Waals surface area (Å²) in [4.78, 5) is 16.0. The van der Waals surface area contributed by atoms with Crippen LogP contribution in [0, 0.1) is 5.92 Å². The average molecular weight is 242 g/mol. The van der Waals surface area contributed by atoms with Crippen LogP contribution in [-0.2, 0) is 14.3 Å². The molecule has 2 bridgehead atoms. The van der Waals surface area contributed by atoms with Crippen molar-refractivity contribution in [3.05, 3.63) is 0 Å². The largest absolute Gasteiger partial charge is 0.383 e. The highest BCUT2D eigenvalue weighted by molar-refractivity contribution is 5.79. The van der Waals surface area contributed by atoms with E-state index in [-0.39, 0.29) is 24.0 Å². The van der Waals surface area contributed by atoms with Crippen LogP contribution in [0.5, 0.6) is 0 Å². The van der Waals surface area contributed by atoms with Gasteiger partial charge in [0.15, 0.2) is 0 Å². The first-order chi connectivity index (χ1) is 8.11. The molecule has 0 radical (unpaired) electrons. The fourth-order valence-corrected chi connectivity index (χ4v) is 2.73. The lowest BCUT2D eigenvalue weighted by Gasteiger charge is -2.32. The molecule has 2 rings (SSSR count). The molecular formula is C12H22N2O3. The smallest absolute Gasteiger partial charge is 0.227 e. The molecule has 98 valence electrons. The number of morpholine rings is 1. The highest BCUT2D eigenvalue weighted by Gasteiger charge is 2.44. The fraction of sp³-hybridized carbons (Fsp3) is 0.917. The number of methoxy groups -OCH3 is 1. The molecule has 0 N–H and O–H groups in total. The van der Waals surface area contributed by atoms with Crippen molar-refractivity contribution in [2.24, 2.45) is 5.92 Å². The summed E-state index contributed by atoms with van der Waals surface area (Å²) >= 11 is 0. The number of hydrogen-bond acceptors (Lipinski definition) is 4. The van der Waals surface area contributed by atoms with Gasteiger partial charge < -0.3 is 14.4 Å². The monoisotopic (exact) mass is 242 g/mol. The third kappa shape index (κ3) is 2.78. The Morgan fingerprint density at radius 2 is 2.24 bits per heavy atom. The van der Waals surface area contributed by atoms with E-state index in [9.17, 15) is 4.79 Å². The topological polar surface area (TPSA) is 42.0 Å². The molecule has 0 unspecified atom stereocenters. The van der Waals surface area contributed by atoms with E-state index in [2.05, 4.69) is 4.90 Å². The van der Waals surface area contributed by atoms with Crippen molar-refractivity contribution >= 4 is 5.91 Å². The van der Waals surface area contributed by atoms with Gasteiger partial charge in [0.1, 0.15) is 0 Å².